The van der Waals surface area contributed by atoms with Crippen molar-refractivity contribution < 1.29 is 0 Å². The average molecular weight is 221 g/mol. The van der Waals surface area contributed by atoms with Crippen molar-refractivity contribution in [2.24, 2.45) is 0 Å². The number of nitrogens with zero attached hydrogens (tertiary/aromatic N) is 5. The third-order valence-electron chi connectivity index (χ3n) is 2.42. The van der Waals surface area contributed by atoms with Gasteiger partial charge in [-0.25, -0.2) is 9.97 Å². The Hall–Kier alpha value is -2.74. The summed E-state index contributed by atoms with van der Waals surface area (Å²) < 4.78 is 1.62. The third kappa shape index (κ3) is 1.52. The van der Waals surface area contributed by atoms with Crippen molar-refractivity contribution in [1.82, 2.24) is 19.7 Å². The molecule has 1 aromatic carbocycles. The largest absolute Gasteiger partial charge is 0.252 e. The first-order chi connectivity index (χ1) is 8.38. The fourth-order valence-electron chi connectivity index (χ4n) is 1.64. The van der Waals surface area contributed by atoms with E-state index in [1.54, 1.807) is 23.1 Å². The van der Waals surface area contributed by atoms with Crippen molar-refractivity contribution in [3.63, 3.8) is 0 Å². The molecule has 0 saturated heterocycles. The molecule has 0 N–H and O–H groups in total. The molecule has 80 valence electrons. The molecule has 0 bridgehead atoms. The predicted octanol–water partition coefficient (Wildman–Crippen LogP) is 1.69. The van der Waals surface area contributed by atoms with Crippen molar-refractivity contribution in [1.29, 1.82) is 5.26 Å². The molecule has 0 aliphatic carbocycles. The van der Waals surface area contributed by atoms with Crippen LogP contribution in [0.25, 0.3) is 16.9 Å². The maximum atomic E-state index is 8.80. The van der Waals surface area contributed by atoms with Gasteiger partial charge in [0.25, 0.3) is 5.95 Å². The van der Waals surface area contributed by atoms with Gasteiger partial charge in [-0.2, -0.15) is 15.0 Å². The Bertz CT molecular complexity index is 723. The topological polar surface area (TPSA) is 67.4 Å². The van der Waals surface area contributed by atoms with Crippen molar-refractivity contribution >= 4 is 10.9 Å². The van der Waals surface area contributed by atoms with Gasteiger partial charge >= 0.3 is 0 Å². The lowest BCUT2D eigenvalue weighted by Gasteiger charge is -2.00. The molecule has 0 aliphatic rings. The van der Waals surface area contributed by atoms with Crippen LogP contribution in [-0.4, -0.2) is 19.7 Å². The van der Waals surface area contributed by atoms with Gasteiger partial charge in [-0.05, 0) is 12.1 Å². The quantitative estimate of drug-likeness (QED) is 0.627. The lowest BCUT2D eigenvalue weighted by molar-refractivity contribution is 0.829. The molecule has 0 amide bonds. The minimum atomic E-state index is 0.328. The van der Waals surface area contributed by atoms with Crippen molar-refractivity contribution in [3.05, 3.63) is 48.4 Å². The van der Waals surface area contributed by atoms with Gasteiger partial charge in [0.1, 0.15) is 11.8 Å². The summed E-state index contributed by atoms with van der Waals surface area (Å²) >= 11 is 0. The Morgan fingerprint density at radius 3 is 2.94 bits per heavy atom. The molecular weight excluding hydrogens is 214 g/mol. The van der Waals surface area contributed by atoms with Crippen LogP contribution in [-0.2, 0) is 0 Å². The van der Waals surface area contributed by atoms with E-state index in [9.17, 15) is 0 Å². The predicted molar refractivity (Wildman–Crippen MR) is 61.4 cm³/mol. The second-order valence-electron chi connectivity index (χ2n) is 3.47. The minimum absolute atomic E-state index is 0.328. The van der Waals surface area contributed by atoms with E-state index in [2.05, 4.69) is 15.1 Å². The highest BCUT2D eigenvalue weighted by atomic mass is 15.3. The van der Waals surface area contributed by atoms with Gasteiger partial charge in [-0.1, -0.05) is 18.2 Å². The summed E-state index contributed by atoms with van der Waals surface area (Å²) in [6.45, 7) is 0. The van der Waals surface area contributed by atoms with Crippen molar-refractivity contribution in [2.45, 2.75) is 0 Å². The van der Waals surface area contributed by atoms with Crippen LogP contribution < -0.4 is 0 Å². The number of rotatable bonds is 1. The first-order valence-corrected chi connectivity index (χ1v) is 5.05. The van der Waals surface area contributed by atoms with Gasteiger partial charge < -0.3 is 0 Å². The van der Waals surface area contributed by atoms with Gasteiger partial charge in [0.2, 0.25) is 0 Å². The van der Waals surface area contributed by atoms with Crippen LogP contribution in [0.15, 0.2) is 42.7 Å². The van der Waals surface area contributed by atoms with Crippen molar-refractivity contribution in [3.8, 4) is 12.0 Å². The Morgan fingerprint density at radius 1 is 1.18 bits per heavy atom. The second-order valence-corrected chi connectivity index (χ2v) is 3.47. The minimum Gasteiger partial charge on any atom is -0.220 e. The van der Waals surface area contributed by atoms with E-state index in [1.165, 1.54) is 0 Å². The van der Waals surface area contributed by atoms with Crippen LogP contribution in [0.1, 0.15) is 5.69 Å². The molecule has 0 unspecified atom stereocenters. The lowest BCUT2D eigenvalue weighted by Crippen LogP contribution is -2.03. The van der Waals surface area contributed by atoms with E-state index < -0.39 is 0 Å². The molecule has 17 heavy (non-hydrogen) atoms. The highest BCUT2D eigenvalue weighted by Crippen LogP contribution is 2.15. The molecule has 2 heterocycles. The average Bonchev–Trinajstić information content (AvgIpc) is 2.82. The standard InChI is InChI=1S/C12H7N5/c13-7-10-5-6-14-12(16-10)17-11-4-2-1-3-9(11)8-15-17/h1-6,8H. The molecule has 5 heteroatoms. The monoisotopic (exact) mass is 221 g/mol. The fraction of sp³-hybridized carbons (Fsp3) is 0. The number of nitriles is 1. The van der Waals surface area contributed by atoms with Crippen LogP contribution >= 0.6 is 0 Å². The second kappa shape index (κ2) is 3.68. The first-order valence-electron chi connectivity index (χ1n) is 5.05. The molecule has 3 rings (SSSR count). The van der Waals surface area contributed by atoms with Crippen molar-refractivity contribution in [2.75, 3.05) is 0 Å². The third-order valence-corrected chi connectivity index (χ3v) is 2.42. The number of fused-ring (bicyclic) bond motifs is 1. The van der Waals surface area contributed by atoms with E-state index in [0.717, 1.165) is 10.9 Å². The molecule has 3 aromatic rings. The van der Waals surface area contributed by atoms with Crippen LogP contribution in [0.5, 0.6) is 0 Å². The van der Waals surface area contributed by atoms with E-state index in [0.29, 0.717) is 11.6 Å². The number of aromatic nitrogens is 4. The summed E-state index contributed by atoms with van der Waals surface area (Å²) in [5.41, 5.74) is 1.25. The van der Waals surface area contributed by atoms with E-state index >= 15 is 0 Å². The molecule has 0 radical (unpaired) electrons. The summed E-state index contributed by atoms with van der Waals surface area (Å²) in [7, 11) is 0. The van der Waals surface area contributed by atoms with Gasteiger partial charge in [0, 0.05) is 11.6 Å². The number of hydrogen-bond donors (Lipinski definition) is 0. The Balaban J connectivity index is 2.24. The summed E-state index contributed by atoms with van der Waals surface area (Å²) in [6.07, 6.45) is 3.30. The molecule has 0 aliphatic heterocycles. The highest BCUT2D eigenvalue weighted by molar-refractivity contribution is 5.79. The number of benzene rings is 1. The van der Waals surface area contributed by atoms with Gasteiger partial charge in [-0.3, -0.25) is 0 Å². The maximum Gasteiger partial charge on any atom is 0.252 e. The van der Waals surface area contributed by atoms with Gasteiger partial charge in [0.15, 0.2) is 0 Å². The number of para-hydroxylation sites is 1. The van der Waals surface area contributed by atoms with E-state index in [4.69, 9.17) is 5.26 Å². The SMILES string of the molecule is N#Cc1ccnc(-n2ncc3ccccc32)n1. The van der Waals surface area contributed by atoms with E-state index in [-0.39, 0.29) is 0 Å². The molecule has 0 saturated carbocycles. The Morgan fingerprint density at radius 2 is 2.06 bits per heavy atom. The zero-order valence-electron chi connectivity index (χ0n) is 8.78. The highest BCUT2D eigenvalue weighted by Gasteiger charge is 2.06. The number of hydrogen-bond acceptors (Lipinski definition) is 4. The molecule has 0 atom stereocenters. The van der Waals surface area contributed by atoms with Crippen LogP contribution in [0.4, 0.5) is 0 Å². The van der Waals surface area contributed by atoms with Gasteiger partial charge in [0.05, 0.1) is 11.7 Å². The van der Waals surface area contributed by atoms with Crippen LogP contribution in [0, 0.1) is 11.3 Å². The Kier molecular flexibility index (Phi) is 2.06. The lowest BCUT2D eigenvalue weighted by atomic mass is 10.3. The summed E-state index contributed by atoms with van der Waals surface area (Å²) in [5.74, 6) is 0.408. The fourth-order valence-corrected chi connectivity index (χ4v) is 1.64. The first kappa shape index (κ1) is 9.48. The summed E-state index contributed by atoms with van der Waals surface area (Å²) in [4.78, 5) is 8.23. The smallest absolute Gasteiger partial charge is 0.220 e. The molecule has 5 nitrogen and oxygen atoms in total. The molecular formula is C12H7N5. The normalized spacial score (nSPS) is 10.3. The van der Waals surface area contributed by atoms with E-state index in [1.807, 2.05) is 30.3 Å². The zero-order chi connectivity index (χ0) is 11.7. The Labute approximate surface area is 97.0 Å². The van der Waals surface area contributed by atoms with Crippen LogP contribution in [0.3, 0.4) is 0 Å². The zero-order valence-corrected chi connectivity index (χ0v) is 8.78. The summed E-state index contributed by atoms with van der Waals surface area (Å²) in [6, 6.07) is 11.3. The van der Waals surface area contributed by atoms with Crippen LogP contribution in [0.2, 0.25) is 0 Å². The molecule has 2 aromatic heterocycles. The van der Waals surface area contributed by atoms with Gasteiger partial charge in [-0.15, -0.1) is 0 Å². The maximum absolute atomic E-state index is 8.80. The molecule has 0 spiro atoms. The summed E-state index contributed by atoms with van der Waals surface area (Å²) in [5, 5.41) is 14.0. The molecule has 0 fully saturated rings.